The minimum atomic E-state index is -0.752. The summed E-state index contributed by atoms with van der Waals surface area (Å²) in [5, 5.41) is 22.3. The largest absolute Gasteiger partial charge is 0.392 e. The molecular formula is C16H17N3O2. The highest BCUT2D eigenvalue weighted by Crippen LogP contribution is 2.47. The van der Waals surface area contributed by atoms with Crippen molar-refractivity contribution in [3.05, 3.63) is 47.6 Å². The second kappa shape index (κ2) is 5.66. The first-order valence-electron chi connectivity index (χ1n) is 7.18. The van der Waals surface area contributed by atoms with Gasteiger partial charge < -0.3 is 9.63 Å². The first-order chi connectivity index (χ1) is 10.2. The molecule has 1 aliphatic rings. The zero-order valence-corrected chi connectivity index (χ0v) is 11.7. The third-order valence-corrected chi connectivity index (χ3v) is 4.17. The van der Waals surface area contributed by atoms with E-state index >= 15 is 0 Å². The van der Waals surface area contributed by atoms with E-state index in [1.165, 1.54) is 5.56 Å². The zero-order chi connectivity index (χ0) is 14.7. The smallest absolute Gasteiger partial charge is 0.229 e. The summed E-state index contributed by atoms with van der Waals surface area (Å²) >= 11 is 0. The molecule has 0 radical (unpaired) electrons. The molecule has 1 N–H and O–H groups in total. The Morgan fingerprint density at radius 2 is 2.10 bits per heavy atom. The number of rotatable bonds is 5. The summed E-state index contributed by atoms with van der Waals surface area (Å²) in [5.74, 6) is 1.09. The molecule has 0 aliphatic heterocycles. The van der Waals surface area contributed by atoms with Gasteiger partial charge in [-0.15, -0.1) is 0 Å². The molecule has 3 rings (SSSR count). The number of aromatic nitrogens is 2. The van der Waals surface area contributed by atoms with E-state index in [0.717, 1.165) is 19.3 Å². The molecule has 21 heavy (non-hydrogen) atoms. The van der Waals surface area contributed by atoms with Gasteiger partial charge in [-0.2, -0.15) is 10.2 Å². The standard InChI is InChI=1S/C16H17N3O2/c17-10-7-13(20)11-14-18-15(19-21-14)16(8-4-9-16)12-5-2-1-3-6-12/h1-3,5-6,13,20H,4,7-9,11H2. The molecule has 1 heterocycles. The minimum Gasteiger partial charge on any atom is -0.392 e. The topological polar surface area (TPSA) is 82.9 Å². The molecule has 1 aliphatic carbocycles. The van der Waals surface area contributed by atoms with E-state index in [1.54, 1.807) is 0 Å². The van der Waals surface area contributed by atoms with Crippen molar-refractivity contribution in [1.82, 2.24) is 10.1 Å². The molecule has 0 spiro atoms. The highest BCUT2D eigenvalue weighted by Gasteiger charge is 2.44. The van der Waals surface area contributed by atoms with Gasteiger partial charge in [-0.3, -0.25) is 0 Å². The molecule has 1 saturated carbocycles. The predicted molar refractivity (Wildman–Crippen MR) is 75.3 cm³/mol. The van der Waals surface area contributed by atoms with Crippen LogP contribution in [0.5, 0.6) is 0 Å². The molecule has 2 aromatic rings. The van der Waals surface area contributed by atoms with Crippen LogP contribution in [0.15, 0.2) is 34.9 Å². The zero-order valence-electron chi connectivity index (χ0n) is 11.7. The van der Waals surface area contributed by atoms with Gasteiger partial charge in [-0.25, -0.2) is 0 Å². The fourth-order valence-electron chi connectivity index (χ4n) is 2.84. The maximum absolute atomic E-state index is 9.65. The average Bonchev–Trinajstić information content (AvgIpc) is 2.87. The van der Waals surface area contributed by atoms with Crippen LogP contribution in [0.1, 0.15) is 43.0 Å². The lowest BCUT2D eigenvalue weighted by atomic mass is 9.64. The Bertz CT molecular complexity index is 641. The second-order valence-corrected chi connectivity index (χ2v) is 5.53. The Hall–Kier alpha value is -2.19. The van der Waals surface area contributed by atoms with E-state index in [4.69, 9.17) is 9.78 Å². The van der Waals surface area contributed by atoms with E-state index in [0.29, 0.717) is 11.7 Å². The normalized spacial score (nSPS) is 17.7. The van der Waals surface area contributed by atoms with Gasteiger partial charge in [-0.1, -0.05) is 41.9 Å². The number of hydrogen-bond donors (Lipinski definition) is 1. The van der Waals surface area contributed by atoms with Crippen molar-refractivity contribution in [2.24, 2.45) is 0 Å². The number of benzene rings is 1. The lowest BCUT2D eigenvalue weighted by Crippen LogP contribution is -2.36. The first-order valence-corrected chi connectivity index (χ1v) is 7.18. The third-order valence-electron chi connectivity index (χ3n) is 4.17. The predicted octanol–water partition coefficient (Wildman–Crippen LogP) is 2.36. The van der Waals surface area contributed by atoms with Gasteiger partial charge in [0, 0.05) is 0 Å². The summed E-state index contributed by atoms with van der Waals surface area (Å²) in [7, 11) is 0. The maximum atomic E-state index is 9.65. The van der Waals surface area contributed by atoms with Crippen molar-refractivity contribution in [3.63, 3.8) is 0 Å². The Labute approximate surface area is 123 Å². The van der Waals surface area contributed by atoms with Gasteiger partial charge in [0.2, 0.25) is 5.89 Å². The Morgan fingerprint density at radius 1 is 1.33 bits per heavy atom. The highest BCUT2D eigenvalue weighted by atomic mass is 16.5. The van der Waals surface area contributed by atoms with Gasteiger partial charge in [0.05, 0.1) is 30.4 Å². The van der Waals surface area contributed by atoms with Crippen molar-refractivity contribution in [1.29, 1.82) is 5.26 Å². The van der Waals surface area contributed by atoms with Crippen LogP contribution in [0, 0.1) is 11.3 Å². The summed E-state index contributed by atoms with van der Waals surface area (Å²) in [4.78, 5) is 4.46. The number of nitrogens with zero attached hydrogens (tertiary/aromatic N) is 3. The van der Waals surface area contributed by atoms with Gasteiger partial charge in [-0.05, 0) is 18.4 Å². The molecule has 1 fully saturated rings. The monoisotopic (exact) mass is 283 g/mol. The molecule has 0 saturated heterocycles. The van der Waals surface area contributed by atoms with E-state index < -0.39 is 6.10 Å². The van der Waals surface area contributed by atoms with Gasteiger partial charge in [0.15, 0.2) is 5.82 Å². The SMILES string of the molecule is N#CCC(O)Cc1nc(C2(c3ccccc3)CCC2)no1. The van der Waals surface area contributed by atoms with E-state index in [1.807, 2.05) is 24.3 Å². The van der Waals surface area contributed by atoms with Crippen molar-refractivity contribution in [3.8, 4) is 6.07 Å². The molecule has 1 aromatic heterocycles. The lowest BCUT2D eigenvalue weighted by Gasteiger charge is -2.39. The molecule has 0 bridgehead atoms. The Balaban J connectivity index is 1.83. The molecule has 108 valence electrons. The fourth-order valence-corrected chi connectivity index (χ4v) is 2.84. The quantitative estimate of drug-likeness (QED) is 0.910. The highest BCUT2D eigenvalue weighted by molar-refractivity contribution is 5.35. The molecule has 5 nitrogen and oxygen atoms in total. The van der Waals surface area contributed by atoms with Crippen molar-refractivity contribution >= 4 is 0 Å². The van der Waals surface area contributed by atoms with E-state index in [2.05, 4.69) is 22.3 Å². The van der Waals surface area contributed by atoms with E-state index in [-0.39, 0.29) is 18.3 Å². The maximum Gasteiger partial charge on any atom is 0.229 e. The summed E-state index contributed by atoms with van der Waals surface area (Å²) in [6.07, 6.45) is 2.72. The minimum absolute atomic E-state index is 0.0710. The average molecular weight is 283 g/mol. The number of nitriles is 1. The lowest BCUT2D eigenvalue weighted by molar-refractivity contribution is 0.166. The van der Waals surface area contributed by atoms with Gasteiger partial charge >= 0.3 is 0 Å². The third kappa shape index (κ3) is 2.55. The van der Waals surface area contributed by atoms with Crippen LogP contribution in [-0.2, 0) is 11.8 Å². The van der Waals surface area contributed by atoms with E-state index in [9.17, 15) is 5.11 Å². The van der Waals surface area contributed by atoms with Crippen molar-refractivity contribution in [2.45, 2.75) is 43.6 Å². The summed E-state index contributed by atoms with van der Waals surface area (Å²) < 4.78 is 5.25. The van der Waals surface area contributed by atoms with Crippen LogP contribution in [0.4, 0.5) is 0 Å². The molecular weight excluding hydrogens is 266 g/mol. The van der Waals surface area contributed by atoms with Gasteiger partial charge in [0.1, 0.15) is 0 Å². The fraction of sp³-hybridized carbons (Fsp3) is 0.438. The molecule has 1 aromatic carbocycles. The van der Waals surface area contributed by atoms with Crippen molar-refractivity contribution < 1.29 is 9.63 Å². The first kappa shape index (κ1) is 13.8. The van der Waals surface area contributed by atoms with Crippen LogP contribution in [0.3, 0.4) is 0 Å². The number of aliphatic hydroxyl groups is 1. The Kier molecular flexibility index (Phi) is 3.72. The van der Waals surface area contributed by atoms with Crippen LogP contribution >= 0.6 is 0 Å². The molecule has 0 amide bonds. The molecule has 1 atom stereocenters. The number of aliphatic hydroxyl groups excluding tert-OH is 1. The van der Waals surface area contributed by atoms with Crippen molar-refractivity contribution in [2.75, 3.05) is 0 Å². The Morgan fingerprint density at radius 3 is 2.71 bits per heavy atom. The summed E-state index contributed by atoms with van der Waals surface area (Å²) in [6, 6.07) is 12.2. The van der Waals surface area contributed by atoms with Crippen LogP contribution < -0.4 is 0 Å². The molecule has 1 unspecified atom stereocenters. The summed E-state index contributed by atoms with van der Waals surface area (Å²) in [6.45, 7) is 0. The van der Waals surface area contributed by atoms with Gasteiger partial charge in [0.25, 0.3) is 0 Å². The van der Waals surface area contributed by atoms with Crippen LogP contribution in [0.25, 0.3) is 0 Å². The number of hydrogen-bond acceptors (Lipinski definition) is 5. The van der Waals surface area contributed by atoms with Crippen LogP contribution in [-0.4, -0.2) is 21.4 Å². The summed E-state index contributed by atoms with van der Waals surface area (Å²) in [5.41, 5.74) is 1.06. The second-order valence-electron chi connectivity index (χ2n) is 5.53. The van der Waals surface area contributed by atoms with Crippen LogP contribution in [0.2, 0.25) is 0 Å². The molecule has 5 heteroatoms.